The van der Waals surface area contributed by atoms with Crippen molar-refractivity contribution in [2.75, 3.05) is 14.2 Å². The second-order valence-electron chi connectivity index (χ2n) is 2.57. The van der Waals surface area contributed by atoms with Crippen LogP contribution in [-0.4, -0.2) is 20.5 Å². The first-order valence-electron chi connectivity index (χ1n) is 4.01. The number of ether oxygens (including phenoxy) is 2. The minimum atomic E-state index is -0.583. The third-order valence-corrected chi connectivity index (χ3v) is 2.38. The highest BCUT2D eigenvalue weighted by Gasteiger charge is 2.11. The number of rotatable bonds is 4. The van der Waals surface area contributed by atoms with Crippen molar-refractivity contribution >= 4 is 17.4 Å². The summed E-state index contributed by atoms with van der Waals surface area (Å²) in [6.45, 7) is 0. The maximum absolute atomic E-state index is 8.88. The topological polar surface area (TPSA) is 42.2 Å². The molecule has 1 rings (SSSR count). The molecule has 1 aromatic rings. The molecule has 0 aliphatic heterocycles. The molecule has 0 spiro atoms. The maximum Gasteiger partial charge on any atom is 0.193 e. The van der Waals surface area contributed by atoms with E-state index in [1.165, 1.54) is 14.2 Å². The Hall–Kier alpha value is -1.15. The number of nitrogens with zero attached hydrogens (tertiary/aromatic N) is 1. The van der Waals surface area contributed by atoms with Crippen molar-refractivity contribution in [3.05, 3.63) is 28.0 Å². The molecule has 1 heterocycles. The smallest absolute Gasteiger partial charge is 0.193 e. The standard InChI is InChI=1S/C10H11NO2S/c1-12-10(13-2)9(6-11)5-8-3-4-14-7-8/h3-5,7,10H,1-2H3. The van der Waals surface area contributed by atoms with Gasteiger partial charge in [-0.1, -0.05) is 0 Å². The molecule has 0 saturated carbocycles. The van der Waals surface area contributed by atoms with Crippen LogP contribution in [-0.2, 0) is 9.47 Å². The second-order valence-corrected chi connectivity index (χ2v) is 3.35. The first-order chi connectivity index (χ1) is 6.81. The van der Waals surface area contributed by atoms with Crippen molar-refractivity contribution in [3.8, 4) is 6.07 Å². The molecule has 74 valence electrons. The van der Waals surface area contributed by atoms with Crippen molar-refractivity contribution < 1.29 is 9.47 Å². The molecule has 0 amide bonds. The molecule has 1 aromatic heterocycles. The zero-order valence-electron chi connectivity index (χ0n) is 8.06. The van der Waals surface area contributed by atoms with E-state index < -0.39 is 6.29 Å². The van der Waals surface area contributed by atoms with Crippen LogP contribution in [0.15, 0.2) is 22.4 Å². The maximum atomic E-state index is 8.88. The van der Waals surface area contributed by atoms with Gasteiger partial charge in [0.15, 0.2) is 6.29 Å². The van der Waals surface area contributed by atoms with E-state index in [1.54, 1.807) is 17.4 Å². The van der Waals surface area contributed by atoms with Crippen LogP contribution in [0.25, 0.3) is 6.08 Å². The van der Waals surface area contributed by atoms with Crippen LogP contribution >= 0.6 is 11.3 Å². The number of thiophene rings is 1. The predicted molar refractivity (Wildman–Crippen MR) is 55.7 cm³/mol. The summed E-state index contributed by atoms with van der Waals surface area (Å²) < 4.78 is 9.98. The molecule has 0 N–H and O–H groups in total. The third kappa shape index (κ3) is 2.67. The van der Waals surface area contributed by atoms with Gasteiger partial charge in [0.05, 0.1) is 5.57 Å². The monoisotopic (exact) mass is 209 g/mol. The van der Waals surface area contributed by atoms with Gasteiger partial charge in [0.25, 0.3) is 0 Å². The van der Waals surface area contributed by atoms with Crippen LogP contribution in [0.2, 0.25) is 0 Å². The first-order valence-corrected chi connectivity index (χ1v) is 4.95. The lowest BCUT2D eigenvalue weighted by atomic mass is 10.2. The van der Waals surface area contributed by atoms with Crippen LogP contribution in [0.5, 0.6) is 0 Å². The number of hydrogen-bond donors (Lipinski definition) is 0. The van der Waals surface area contributed by atoms with Crippen LogP contribution < -0.4 is 0 Å². The Labute approximate surface area is 87.2 Å². The van der Waals surface area contributed by atoms with E-state index in [9.17, 15) is 0 Å². The molecule has 3 nitrogen and oxygen atoms in total. The first kappa shape index (κ1) is 10.9. The van der Waals surface area contributed by atoms with E-state index >= 15 is 0 Å². The van der Waals surface area contributed by atoms with Crippen LogP contribution in [0.3, 0.4) is 0 Å². The largest absolute Gasteiger partial charge is 0.351 e. The summed E-state index contributed by atoms with van der Waals surface area (Å²) >= 11 is 1.58. The Morgan fingerprint density at radius 2 is 2.29 bits per heavy atom. The fourth-order valence-corrected chi connectivity index (χ4v) is 1.66. The van der Waals surface area contributed by atoms with Crippen molar-refractivity contribution in [1.29, 1.82) is 5.26 Å². The summed E-state index contributed by atoms with van der Waals surface area (Å²) in [5.74, 6) is 0. The van der Waals surface area contributed by atoms with Crippen molar-refractivity contribution in [2.24, 2.45) is 0 Å². The van der Waals surface area contributed by atoms with E-state index in [0.717, 1.165) is 5.56 Å². The highest BCUT2D eigenvalue weighted by molar-refractivity contribution is 7.08. The van der Waals surface area contributed by atoms with Crippen LogP contribution in [0.4, 0.5) is 0 Å². The molecular weight excluding hydrogens is 198 g/mol. The molecule has 14 heavy (non-hydrogen) atoms. The van der Waals surface area contributed by atoms with E-state index in [-0.39, 0.29) is 0 Å². The van der Waals surface area contributed by atoms with E-state index in [4.69, 9.17) is 14.7 Å². The Bertz CT molecular complexity index is 334. The van der Waals surface area contributed by atoms with Gasteiger partial charge in [0.2, 0.25) is 0 Å². The zero-order valence-corrected chi connectivity index (χ0v) is 8.88. The van der Waals surface area contributed by atoms with Gasteiger partial charge in [-0.05, 0) is 28.5 Å². The predicted octanol–water partition coefficient (Wildman–Crippen LogP) is 2.27. The zero-order chi connectivity index (χ0) is 10.4. The highest BCUT2D eigenvalue weighted by atomic mass is 32.1. The summed E-state index contributed by atoms with van der Waals surface area (Å²) in [4.78, 5) is 0. The van der Waals surface area contributed by atoms with Gasteiger partial charge in [0, 0.05) is 14.2 Å². The minimum absolute atomic E-state index is 0.466. The van der Waals surface area contributed by atoms with Gasteiger partial charge in [0.1, 0.15) is 6.07 Å². The van der Waals surface area contributed by atoms with Crippen LogP contribution in [0.1, 0.15) is 5.56 Å². The SMILES string of the molecule is COC(OC)C(C#N)=Cc1ccsc1. The van der Waals surface area contributed by atoms with Gasteiger partial charge in [-0.2, -0.15) is 16.6 Å². The van der Waals surface area contributed by atoms with Gasteiger partial charge < -0.3 is 9.47 Å². The molecule has 0 bridgehead atoms. The molecule has 0 aliphatic rings. The molecule has 0 aliphatic carbocycles. The summed E-state index contributed by atoms with van der Waals surface area (Å²) in [7, 11) is 3.01. The normalized spacial score (nSPS) is 11.7. The van der Waals surface area contributed by atoms with Gasteiger partial charge >= 0.3 is 0 Å². The van der Waals surface area contributed by atoms with Crippen LogP contribution in [0, 0.1) is 11.3 Å². The minimum Gasteiger partial charge on any atom is -0.351 e. The average molecular weight is 209 g/mol. The lowest BCUT2D eigenvalue weighted by Gasteiger charge is -2.11. The third-order valence-electron chi connectivity index (χ3n) is 1.68. The Balaban J connectivity index is 2.86. The summed E-state index contributed by atoms with van der Waals surface area (Å²) in [5, 5.41) is 12.8. The lowest BCUT2D eigenvalue weighted by molar-refractivity contribution is -0.0712. The van der Waals surface area contributed by atoms with Gasteiger partial charge in [-0.25, -0.2) is 0 Å². The van der Waals surface area contributed by atoms with Gasteiger partial charge in [-0.15, -0.1) is 0 Å². The molecule has 0 unspecified atom stereocenters. The van der Waals surface area contributed by atoms with Crippen molar-refractivity contribution in [3.63, 3.8) is 0 Å². The molecular formula is C10H11NO2S. The van der Waals surface area contributed by atoms with Crippen molar-refractivity contribution in [1.82, 2.24) is 0 Å². The fraction of sp³-hybridized carbons (Fsp3) is 0.300. The summed E-state index contributed by atoms with van der Waals surface area (Å²) in [6, 6.07) is 3.99. The Morgan fingerprint density at radius 1 is 1.57 bits per heavy atom. The number of methoxy groups -OCH3 is 2. The van der Waals surface area contributed by atoms with Crippen molar-refractivity contribution in [2.45, 2.75) is 6.29 Å². The van der Waals surface area contributed by atoms with E-state index in [2.05, 4.69) is 6.07 Å². The highest BCUT2D eigenvalue weighted by Crippen LogP contribution is 2.14. The van der Waals surface area contributed by atoms with Gasteiger partial charge in [-0.3, -0.25) is 0 Å². The fourth-order valence-electron chi connectivity index (χ4n) is 1.04. The summed E-state index contributed by atoms with van der Waals surface area (Å²) in [5.41, 5.74) is 1.46. The molecule has 0 fully saturated rings. The molecule has 4 heteroatoms. The number of nitriles is 1. The van der Waals surface area contributed by atoms with E-state index in [0.29, 0.717) is 5.57 Å². The lowest BCUT2D eigenvalue weighted by Crippen LogP contribution is -2.14. The molecule has 0 aromatic carbocycles. The number of hydrogen-bond acceptors (Lipinski definition) is 4. The quantitative estimate of drug-likeness (QED) is 0.564. The molecule has 0 saturated heterocycles. The second kappa shape index (κ2) is 5.55. The Morgan fingerprint density at radius 3 is 2.71 bits per heavy atom. The molecule has 0 radical (unpaired) electrons. The average Bonchev–Trinajstić information content (AvgIpc) is 2.70. The van der Waals surface area contributed by atoms with E-state index in [1.807, 2.05) is 16.8 Å². The Kier molecular flexibility index (Phi) is 4.33. The molecule has 0 atom stereocenters. The summed E-state index contributed by atoms with van der Waals surface area (Å²) in [6.07, 6.45) is 1.17.